The van der Waals surface area contributed by atoms with Crippen molar-refractivity contribution < 1.29 is 4.42 Å². The van der Waals surface area contributed by atoms with Crippen LogP contribution in [0, 0.1) is 16.7 Å². The van der Waals surface area contributed by atoms with Gasteiger partial charge in [-0.3, -0.25) is 0 Å². The van der Waals surface area contributed by atoms with E-state index in [0.717, 1.165) is 66.2 Å². The minimum absolute atomic E-state index is 0.465. The Morgan fingerprint density at radius 3 is 1.98 bits per heavy atom. The molecule has 3 heterocycles. The predicted molar refractivity (Wildman–Crippen MR) is 200 cm³/mol. The zero-order valence-corrected chi connectivity index (χ0v) is 26.2. The number of rotatable bonds is 4. The minimum atomic E-state index is 0.465. The van der Waals surface area contributed by atoms with E-state index in [0.29, 0.717) is 11.1 Å². The van der Waals surface area contributed by atoms with Gasteiger partial charge in [0.1, 0.15) is 11.2 Å². The molecular formula is C44H26N4O. The van der Waals surface area contributed by atoms with E-state index in [1.807, 2.05) is 36.4 Å². The monoisotopic (exact) mass is 626 g/mol. The third kappa shape index (κ3) is 3.89. The smallest absolute Gasteiger partial charge is 0.145 e. The van der Waals surface area contributed by atoms with Gasteiger partial charge in [0.2, 0.25) is 0 Å². The van der Waals surface area contributed by atoms with E-state index >= 15 is 0 Å². The van der Waals surface area contributed by atoms with Gasteiger partial charge in [0.05, 0.1) is 39.1 Å². The average Bonchev–Trinajstić information content (AvgIpc) is 3.82. The van der Waals surface area contributed by atoms with Gasteiger partial charge in [0.15, 0.2) is 0 Å². The molecule has 0 amide bonds. The molecule has 0 saturated heterocycles. The van der Waals surface area contributed by atoms with E-state index in [4.69, 9.17) is 9.83 Å². The van der Waals surface area contributed by atoms with Gasteiger partial charge in [-0.15, -0.1) is 0 Å². The second kappa shape index (κ2) is 10.3. The van der Waals surface area contributed by atoms with Crippen molar-refractivity contribution in [1.29, 1.82) is 10.7 Å². The number of furan rings is 1. The molecule has 0 unspecified atom stereocenters. The first kappa shape index (κ1) is 27.2. The number of hydrogen-bond acceptors (Lipinski definition) is 3. The predicted octanol–water partition coefficient (Wildman–Crippen LogP) is 11.3. The molecule has 228 valence electrons. The fourth-order valence-electron chi connectivity index (χ4n) is 7.66. The number of nitriles is 1. The lowest BCUT2D eigenvalue weighted by molar-refractivity contribution is 0.673. The molecule has 0 aliphatic rings. The van der Waals surface area contributed by atoms with Crippen molar-refractivity contribution >= 4 is 71.8 Å². The van der Waals surface area contributed by atoms with E-state index in [-0.39, 0.29) is 0 Å². The summed E-state index contributed by atoms with van der Waals surface area (Å²) >= 11 is 0. The first-order chi connectivity index (χ1) is 24.2. The number of hydrogen-bond donors (Lipinski definition) is 1. The molecule has 0 atom stereocenters. The molecule has 0 fully saturated rings. The molecule has 7 aromatic carbocycles. The first-order valence-corrected chi connectivity index (χ1v) is 16.2. The zero-order chi connectivity index (χ0) is 32.6. The van der Waals surface area contributed by atoms with Crippen LogP contribution >= 0.6 is 0 Å². The fraction of sp³-hybridized carbons (Fsp3) is 0. The number of benzene rings is 7. The lowest BCUT2D eigenvalue weighted by Crippen LogP contribution is -1.97. The molecule has 0 spiro atoms. The maximum absolute atomic E-state index is 9.91. The Balaban J connectivity index is 1.26. The average molecular weight is 627 g/mol. The molecule has 0 bridgehead atoms. The molecule has 3 aromatic heterocycles. The van der Waals surface area contributed by atoms with E-state index in [9.17, 15) is 5.26 Å². The van der Waals surface area contributed by atoms with Crippen molar-refractivity contribution in [2.24, 2.45) is 0 Å². The summed E-state index contributed by atoms with van der Waals surface area (Å²) < 4.78 is 11.1. The Morgan fingerprint density at radius 2 is 1.18 bits per heavy atom. The molecule has 10 aromatic rings. The van der Waals surface area contributed by atoms with Gasteiger partial charge in [-0.2, -0.15) is 5.26 Å². The maximum Gasteiger partial charge on any atom is 0.145 e. The van der Waals surface area contributed by atoms with Gasteiger partial charge in [-0.1, -0.05) is 72.8 Å². The number of aromatic nitrogens is 2. The summed E-state index contributed by atoms with van der Waals surface area (Å²) in [4.78, 5) is 0. The quantitative estimate of drug-likeness (QED) is 0.197. The van der Waals surface area contributed by atoms with Crippen molar-refractivity contribution in [3.8, 4) is 28.6 Å². The van der Waals surface area contributed by atoms with Gasteiger partial charge < -0.3 is 19.0 Å². The third-order valence-corrected chi connectivity index (χ3v) is 9.86. The summed E-state index contributed by atoms with van der Waals surface area (Å²) in [5, 5.41) is 24.4. The fourth-order valence-corrected chi connectivity index (χ4v) is 7.66. The first-order valence-electron chi connectivity index (χ1n) is 16.2. The highest BCUT2D eigenvalue weighted by Crippen LogP contribution is 2.42. The van der Waals surface area contributed by atoms with Crippen LogP contribution in [0.5, 0.6) is 0 Å². The Morgan fingerprint density at radius 1 is 0.531 bits per heavy atom. The summed E-state index contributed by atoms with van der Waals surface area (Å²) in [5.41, 5.74) is 11.3. The van der Waals surface area contributed by atoms with Gasteiger partial charge in [-0.05, 0) is 83.9 Å². The summed E-state index contributed by atoms with van der Waals surface area (Å²) in [6, 6.07) is 52.9. The Labute approximate surface area is 280 Å². The summed E-state index contributed by atoms with van der Waals surface area (Å²) in [7, 11) is 0. The Bertz CT molecular complexity index is 3020. The lowest BCUT2D eigenvalue weighted by atomic mass is 10.00. The van der Waals surface area contributed by atoms with Crippen molar-refractivity contribution in [1.82, 2.24) is 9.13 Å². The zero-order valence-electron chi connectivity index (χ0n) is 26.2. The van der Waals surface area contributed by atoms with E-state index < -0.39 is 0 Å². The maximum atomic E-state index is 9.91. The minimum Gasteiger partial charge on any atom is -0.455 e. The van der Waals surface area contributed by atoms with Crippen molar-refractivity contribution in [3.05, 3.63) is 157 Å². The van der Waals surface area contributed by atoms with Gasteiger partial charge in [-0.25, -0.2) is 0 Å². The molecule has 0 radical (unpaired) electrons. The Hall–Kier alpha value is -6.90. The summed E-state index contributed by atoms with van der Waals surface area (Å²) in [6.45, 7) is 0. The highest BCUT2D eigenvalue weighted by atomic mass is 16.3. The molecule has 5 heteroatoms. The molecule has 5 nitrogen and oxygen atoms in total. The van der Waals surface area contributed by atoms with Crippen molar-refractivity contribution in [3.63, 3.8) is 0 Å². The second-order valence-corrected chi connectivity index (χ2v) is 12.4. The van der Waals surface area contributed by atoms with Crippen LogP contribution < -0.4 is 0 Å². The number of nitrogens with zero attached hydrogens (tertiary/aromatic N) is 3. The van der Waals surface area contributed by atoms with Crippen LogP contribution in [-0.2, 0) is 0 Å². The largest absolute Gasteiger partial charge is 0.455 e. The summed E-state index contributed by atoms with van der Waals surface area (Å²) in [6.07, 6.45) is 1.23. The molecule has 1 N–H and O–H groups in total. The highest BCUT2D eigenvalue weighted by Gasteiger charge is 2.20. The second-order valence-electron chi connectivity index (χ2n) is 12.4. The third-order valence-electron chi connectivity index (χ3n) is 9.86. The van der Waals surface area contributed by atoms with Crippen LogP contribution in [0.15, 0.2) is 150 Å². The molecule has 10 rings (SSSR count). The summed E-state index contributed by atoms with van der Waals surface area (Å²) in [5.74, 6) is 0. The van der Waals surface area contributed by atoms with E-state index in [2.05, 4.69) is 124 Å². The van der Waals surface area contributed by atoms with Crippen LogP contribution in [-0.4, -0.2) is 15.3 Å². The van der Waals surface area contributed by atoms with Gasteiger partial charge >= 0.3 is 0 Å². The topological polar surface area (TPSA) is 70.6 Å². The molecule has 0 aliphatic heterocycles. The van der Waals surface area contributed by atoms with Crippen LogP contribution in [0.25, 0.3) is 88.1 Å². The van der Waals surface area contributed by atoms with Crippen molar-refractivity contribution in [2.75, 3.05) is 0 Å². The number of para-hydroxylation sites is 3. The molecule has 0 saturated carbocycles. The molecule has 0 aliphatic carbocycles. The van der Waals surface area contributed by atoms with E-state index in [1.54, 1.807) is 0 Å². The molecule has 49 heavy (non-hydrogen) atoms. The van der Waals surface area contributed by atoms with E-state index in [1.165, 1.54) is 28.0 Å². The van der Waals surface area contributed by atoms with Crippen LogP contribution in [0.3, 0.4) is 0 Å². The highest BCUT2D eigenvalue weighted by molar-refractivity contribution is 6.24. The van der Waals surface area contributed by atoms with Crippen molar-refractivity contribution in [2.45, 2.75) is 0 Å². The Kier molecular flexibility index (Phi) is 5.73. The van der Waals surface area contributed by atoms with Crippen LogP contribution in [0.1, 0.15) is 11.1 Å². The van der Waals surface area contributed by atoms with Crippen LogP contribution in [0.2, 0.25) is 0 Å². The molecular weight excluding hydrogens is 601 g/mol. The number of fused-ring (bicyclic) bond motifs is 10. The normalized spacial score (nSPS) is 11.7. The number of nitrogens with one attached hydrogen (secondary N) is 1. The standard InChI is InChI=1S/C44H26N4O/c45-25-29-14-17-32(22-30(29)26-46)48-40-20-16-28(24-37(40)43-41(48)21-18-35-34-11-5-7-13-42(34)49-44(35)43)27-15-19-39-36(23-27)33-10-4-6-12-38(33)47(39)31-8-2-1-3-9-31/h1-25,45H. The van der Waals surface area contributed by atoms with Gasteiger partial charge in [0, 0.05) is 50.1 Å². The van der Waals surface area contributed by atoms with Gasteiger partial charge in [0.25, 0.3) is 0 Å². The lowest BCUT2D eigenvalue weighted by Gasteiger charge is -2.10. The SMILES string of the molecule is N#Cc1cc(-n2c3ccc(-c4ccc5c(c4)c4ccccc4n5-c4ccccc4)cc3c3c4oc5ccccc5c4ccc32)ccc1C=N. The van der Waals surface area contributed by atoms with Crippen LogP contribution in [0.4, 0.5) is 0 Å².